The second kappa shape index (κ2) is 6.50. The van der Waals surface area contributed by atoms with Crippen LogP contribution in [0.4, 0.5) is 4.39 Å². The summed E-state index contributed by atoms with van der Waals surface area (Å²) in [5, 5.41) is 0.380. The fraction of sp³-hybridized carbons (Fsp3) is 0.0769. The molecule has 0 bridgehead atoms. The first-order valence-electron chi connectivity index (χ1n) is 5.69. The highest BCUT2D eigenvalue weighted by atomic mass is 35.5. The second-order valence-electron chi connectivity index (χ2n) is 4.10. The first kappa shape index (κ1) is 16.5. The van der Waals surface area contributed by atoms with Crippen molar-refractivity contribution in [1.29, 1.82) is 0 Å². The zero-order chi connectivity index (χ0) is 15.6. The normalized spacial score (nSPS) is 11.6. The monoisotopic (exact) mass is 367 g/mol. The van der Waals surface area contributed by atoms with Crippen molar-refractivity contribution >= 4 is 44.8 Å². The predicted octanol–water partition coefficient (Wildman–Crippen LogP) is 4.26. The molecule has 8 heteroatoms. The van der Waals surface area contributed by atoms with Gasteiger partial charge in [-0.25, -0.2) is 17.5 Å². The molecule has 0 fully saturated rings. The molecule has 0 aromatic heterocycles. The van der Waals surface area contributed by atoms with Gasteiger partial charge in [-0.05, 0) is 30.3 Å². The molecule has 1 N–H and O–H groups in total. The van der Waals surface area contributed by atoms with Crippen LogP contribution in [0.1, 0.15) is 5.56 Å². The van der Waals surface area contributed by atoms with Gasteiger partial charge in [0.05, 0.1) is 5.02 Å². The van der Waals surface area contributed by atoms with Gasteiger partial charge in [-0.3, -0.25) is 0 Å². The molecule has 0 saturated heterocycles. The maximum Gasteiger partial charge on any atom is 0.242 e. The van der Waals surface area contributed by atoms with Crippen molar-refractivity contribution in [2.75, 3.05) is 0 Å². The van der Waals surface area contributed by atoms with E-state index < -0.39 is 15.8 Å². The van der Waals surface area contributed by atoms with Gasteiger partial charge in [-0.2, -0.15) is 0 Å². The average Bonchev–Trinajstić information content (AvgIpc) is 2.41. The van der Waals surface area contributed by atoms with Gasteiger partial charge in [0.15, 0.2) is 0 Å². The summed E-state index contributed by atoms with van der Waals surface area (Å²) < 4.78 is 40.2. The van der Waals surface area contributed by atoms with Crippen LogP contribution in [0.3, 0.4) is 0 Å². The van der Waals surface area contributed by atoms with Crippen LogP contribution in [0.2, 0.25) is 15.1 Å². The molecular weight excluding hydrogens is 360 g/mol. The number of rotatable bonds is 4. The number of sulfonamides is 1. The molecule has 0 aliphatic heterocycles. The molecule has 0 atom stereocenters. The van der Waals surface area contributed by atoms with E-state index in [-0.39, 0.29) is 32.1 Å². The van der Waals surface area contributed by atoms with Crippen molar-refractivity contribution in [2.24, 2.45) is 0 Å². The zero-order valence-electron chi connectivity index (χ0n) is 10.4. The van der Waals surface area contributed by atoms with Gasteiger partial charge in [-0.1, -0.05) is 40.9 Å². The van der Waals surface area contributed by atoms with E-state index in [9.17, 15) is 12.8 Å². The molecule has 2 rings (SSSR count). The molecule has 0 saturated carbocycles. The zero-order valence-corrected chi connectivity index (χ0v) is 13.5. The summed E-state index contributed by atoms with van der Waals surface area (Å²) in [5.74, 6) is -0.595. The summed E-state index contributed by atoms with van der Waals surface area (Å²) in [5.41, 5.74) is 0.0564. The minimum atomic E-state index is -3.94. The van der Waals surface area contributed by atoms with Gasteiger partial charge in [0.1, 0.15) is 10.7 Å². The van der Waals surface area contributed by atoms with Crippen LogP contribution in [-0.4, -0.2) is 8.42 Å². The Morgan fingerprint density at radius 1 is 1.05 bits per heavy atom. The molecule has 0 amide bonds. The van der Waals surface area contributed by atoms with E-state index >= 15 is 0 Å². The van der Waals surface area contributed by atoms with Crippen LogP contribution in [0.5, 0.6) is 0 Å². The van der Waals surface area contributed by atoms with Gasteiger partial charge in [-0.15, -0.1) is 0 Å². The summed E-state index contributed by atoms with van der Waals surface area (Å²) in [6.07, 6.45) is 0. The molecule has 2 aromatic rings. The van der Waals surface area contributed by atoms with Crippen molar-refractivity contribution in [3.63, 3.8) is 0 Å². The van der Waals surface area contributed by atoms with Gasteiger partial charge in [0.2, 0.25) is 10.0 Å². The predicted molar refractivity (Wildman–Crippen MR) is 81.9 cm³/mol. The Hall–Kier alpha value is -0.850. The smallest absolute Gasteiger partial charge is 0.207 e. The largest absolute Gasteiger partial charge is 0.242 e. The standard InChI is InChI=1S/C13H9Cl3FNO2S/c14-8-4-5-11(16)13(6-8)21(19,20)18-7-9-10(15)2-1-3-12(9)17/h1-6,18H,7H2. The molecule has 0 radical (unpaired) electrons. The Labute approximate surface area is 136 Å². The third kappa shape index (κ3) is 3.87. The van der Waals surface area contributed by atoms with E-state index in [1.165, 1.54) is 36.4 Å². The second-order valence-corrected chi connectivity index (χ2v) is 7.09. The number of benzene rings is 2. The van der Waals surface area contributed by atoms with Gasteiger partial charge in [0, 0.05) is 22.2 Å². The van der Waals surface area contributed by atoms with Gasteiger partial charge < -0.3 is 0 Å². The van der Waals surface area contributed by atoms with Crippen LogP contribution in [-0.2, 0) is 16.6 Å². The van der Waals surface area contributed by atoms with Crippen LogP contribution in [0, 0.1) is 5.82 Å². The van der Waals surface area contributed by atoms with Crippen molar-refractivity contribution in [3.05, 3.63) is 62.8 Å². The van der Waals surface area contributed by atoms with Crippen LogP contribution in [0.15, 0.2) is 41.3 Å². The van der Waals surface area contributed by atoms with E-state index in [1.807, 2.05) is 0 Å². The van der Waals surface area contributed by atoms with Gasteiger partial charge in [0.25, 0.3) is 0 Å². The Morgan fingerprint density at radius 3 is 2.43 bits per heavy atom. The minimum absolute atomic E-state index is 0.0199. The van der Waals surface area contributed by atoms with Crippen LogP contribution >= 0.6 is 34.8 Å². The number of hydrogen-bond donors (Lipinski definition) is 1. The fourth-order valence-corrected chi connectivity index (χ4v) is 3.61. The molecule has 0 unspecified atom stereocenters. The van der Waals surface area contributed by atoms with Gasteiger partial charge >= 0.3 is 0 Å². The van der Waals surface area contributed by atoms with E-state index in [4.69, 9.17) is 34.8 Å². The lowest BCUT2D eigenvalue weighted by Gasteiger charge is -2.10. The Balaban J connectivity index is 2.28. The minimum Gasteiger partial charge on any atom is -0.207 e. The van der Waals surface area contributed by atoms with Crippen molar-refractivity contribution in [3.8, 4) is 0 Å². The molecule has 0 aliphatic rings. The van der Waals surface area contributed by atoms with E-state index in [0.29, 0.717) is 0 Å². The lowest BCUT2D eigenvalue weighted by atomic mass is 10.2. The van der Waals surface area contributed by atoms with Crippen LogP contribution < -0.4 is 4.72 Å². The number of hydrogen-bond acceptors (Lipinski definition) is 2. The highest BCUT2D eigenvalue weighted by Crippen LogP contribution is 2.25. The molecule has 0 heterocycles. The molecule has 0 aliphatic carbocycles. The summed E-state index contributed by atoms with van der Waals surface area (Å²) in [4.78, 5) is -0.177. The Bertz CT molecular complexity index is 761. The number of halogens is 4. The van der Waals surface area contributed by atoms with E-state index in [1.54, 1.807) is 0 Å². The summed E-state index contributed by atoms with van der Waals surface area (Å²) in [7, 11) is -3.94. The summed E-state index contributed by atoms with van der Waals surface area (Å²) >= 11 is 17.4. The maximum atomic E-state index is 13.6. The average molecular weight is 369 g/mol. The Kier molecular flexibility index (Phi) is 5.11. The fourth-order valence-electron chi connectivity index (χ4n) is 1.63. The third-order valence-corrected chi connectivity index (χ3v) is 5.16. The number of nitrogens with one attached hydrogen (secondary N) is 1. The van der Waals surface area contributed by atoms with Crippen molar-refractivity contribution in [2.45, 2.75) is 11.4 Å². The molecule has 2 aromatic carbocycles. The Morgan fingerprint density at radius 2 is 1.76 bits per heavy atom. The molecule has 112 valence electrons. The quantitative estimate of drug-likeness (QED) is 0.876. The summed E-state index contributed by atoms with van der Waals surface area (Å²) in [6, 6.07) is 8.16. The lowest BCUT2D eigenvalue weighted by Crippen LogP contribution is -2.24. The molecule has 0 spiro atoms. The third-order valence-electron chi connectivity index (χ3n) is 2.68. The lowest BCUT2D eigenvalue weighted by molar-refractivity contribution is 0.574. The SMILES string of the molecule is O=S(=O)(NCc1c(F)cccc1Cl)c1cc(Cl)ccc1Cl. The van der Waals surface area contributed by atoms with Crippen molar-refractivity contribution < 1.29 is 12.8 Å². The summed E-state index contributed by atoms with van der Waals surface area (Å²) in [6.45, 7) is -0.295. The first-order chi connectivity index (χ1) is 9.81. The maximum absolute atomic E-state index is 13.6. The molecule has 21 heavy (non-hydrogen) atoms. The highest BCUT2D eigenvalue weighted by Gasteiger charge is 2.19. The molecular formula is C13H9Cl3FNO2S. The van der Waals surface area contributed by atoms with E-state index in [0.717, 1.165) is 0 Å². The highest BCUT2D eigenvalue weighted by molar-refractivity contribution is 7.89. The van der Waals surface area contributed by atoms with E-state index in [2.05, 4.69) is 4.72 Å². The molecule has 3 nitrogen and oxygen atoms in total. The first-order valence-corrected chi connectivity index (χ1v) is 8.30. The van der Waals surface area contributed by atoms with Crippen molar-refractivity contribution in [1.82, 2.24) is 4.72 Å². The topological polar surface area (TPSA) is 46.2 Å². The van der Waals surface area contributed by atoms with Crippen LogP contribution in [0.25, 0.3) is 0 Å².